The standard InChI is InChI=1S/C22H28N6O3/c1-27(2)20-13-14-23-22(26-20)25-18-8-3-17(4-9-18)15-24-21(29)12-7-16-5-10-19(11-6-16)28(30)31/h5-7,10-14,17-18H,3-4,8-9,15H2,1-2H3,(H,24,29)(H,23,25,26)/b12-7+. The van der Waals surface area contributed by atoms with Crippen molar-refractivity contribution in [2.45, 2.75) is 31.7 Å². The molecule has 9 heteroatoms. The van der Waals surface area contributed by atoms with E-state index < -0.39 is 4.92 Å². The molecule has 1 aromatic heterocycles. The molecule has 2 aromatic rings. The van der Waals surface area contributed by atoms with Gasteiger partial charge < -0.3 is 15.5 Å². The molecule has 0 unspecified atom stereocenters. The minimum absolute atomic E-state index is 0.0312. The van der Waals surface area contributed by atoms with Crippen LogP contribution in [-0.2, 0) is 4.79 Å². The average Bonchev–Trinajstić information content (AvgIpc) is 2.77. The molecule has 1 saturated carbocycles. The molecule has 31 heavy (non-hydrogen) atoms. The van der Waals surface area contributed by atoms with E-state index in [-0.39, 0.29) is 11.6 Å². The maximum Gasteiger partial charge on any atom is 0.269 e. The molecule has 1 heterocycles. The highest BCUT2D eigenvalue weighted by Gasteiger charge is 2.22. The van der Waals surface area contributed by atoms with Gasteiger partial charge in [-0.15, -0.1) is 0 Å². The summed E-state index contributed by atoms with van der Waals surface area (Å²) in [5, 5.41) is 17.0. The summed E-state index contributed by atoms with van der Waals surface area (Å²) >= 11 is 0. The summed E-state index contributed by atoms with van der Waals surface area (Å²) in [6.07, 6.45) is 8.94. The fourth-order valence-electron chi connectivity index (χ4n) is 3.54. The zero-order valence-electron chi connectivity index (χ0n) is 17.8. The van der Waals surface area contributed by atoms with Gasteiger partial charge in [-0.3, -0.25) is 14.9 Å². The summed E-state index contributed by atoms with van der Waals surface area (Å²) in [6.45, 7) is 0.642. The third kappa shape index (κ3) is 6.77. The molecule has 0 bridgehead atoms. The Kier molecular flexibility index (Phi) is 7.53. The second-order valence-corrected chi connectivity index (χ2v) is 7.92. The molecule has 0 radical (unpaired) electrons. The van der Waals surface area contributed by atoms with Gasteiger partial charge in [0.1, 0.15) is 5.82 Å². The van der Waals surface area contributed by atoms with Gasteiger partial charge in [0.2, 0.25) is 11.9 Å². The molecular weight excluding hydrogens is 396 g/mol. The van der Waals surface area contributed by atoms with Crippen LogP contribution in [0.1, 0.15) is 31.2 Å². The van der Waals surface area contributed by atoms with Crippen LogP contribution in [0.2, 0.25) is 0 Å². The van der Waals surface area contributed by atoms with Gasteiger partial charge in [-0.25, -0.2) is 4.98 Å². The molecule has 0 aliphatic heterocycles. The number of amides is 1. The van der Waals surface area contributed by atoms with Gasteiger partial charge in [0.05, 0.1) is 4.92 Å². The maximum atomic E-state index is 12.1. The number of nitrogens with one attached hydrogen (secondary N) is 2. The van der Waals surface area contributed by atoms with Crippen molar-refractivity contribution < 1.29 is 9.72 Å². The number of carbonyl (C=O) groups excluding carboxylic acids is 1. The van der Waals surface area contributed by atoms with Crippen molar-refractivity contribution in [2.24, 2.45) is 5.92 Å². The highest BCUT2D eigenvalue weighted by atomic mass is 16.6. The summed E-state index contributed by atoms with van der Waals surface area (Å²) in [5.41, 5.74) is 0.775. The van der Waals surface area contributed by atoms with Crippen molar-refractivity contribution in [1.82, 2.24) is 15.3 Å². The molecule has 2 N–H and O–H groups in total. The zero-order valence-corrected chi connectivity index (χ0v) is 17.8. The Balaban J connectivity index is 1.39. The molecule has 1 aromatic carbocycles. The van der Waals surface area contributed by atoms with Crippen LogP contribution in [-0.4, -0.2) is 47.5 Å². The first-order valence-electron chi connectivity index (χ1n) is 10.4. The third-order valence-corrected chi connectivity index (χ3v) is 5.38. The first-order valence-corrected chi connectivity index (χ1v) is 10.4. The quantitative estimate of drug-likeness (QED) is 0.380. The number of nitrogens with zero attached hydrogens (tertiary/aromatic N) is 4. The first kappa shape index (κ1) is 22.2. The number of benzene rings is 1. The van der Waals surface area contributed by atoms with Gasteiger partial charge in [-0.05, 0) is 61.4 Å². The van der Waals surface area contributed by atoms with Crippen LogP contribution in [0.15, 0.2) is 42.6 Å². The predicted molar refractivity (Wildman–Crippen MR) is 121 cm³/mol. The van der Waals surface area contributed by atoms with E-state index in [1.165, 1.54) is 18.2 Å². The van der Waals surface area contributed by atoms with Crippen molar-refractivity contribution in [1.29, 1.82) is 0 Å². The van der Waals surface area contributed by atoms with Gasteiger partial charge in [0.25, 0.3) is 5.69 Å². The molecular formula is C22H28N6O3. The predicted octanol–water partition coefficient (Wildman–Crippen LogP) is 3.25. The molecule has 9 nitrogen and oxygen atoms in total. The number of carbonyl (C=O) groups is 1. The van der Waals surface area contributed by atoms with Crippen LogP contribution in [0.4, 0.5) is 17.5 Å². The highest BCUT2D eigenvalue weighted by Crippen LogP contribution is 2.25. The lowest BCUT2D eigenvalue weighted by atomic mass is 9.86. The van der Waals surface area contributed by atoms with Crippen LogP contribution in [0.3, 0.4) is 0 Å². The fourth-order valence-corrected chi connectivity index (χ4v) is 3.54. The van der Waals surface area contributed by atoms with Crippen molar-refractivity contribution in [2.75, 3.05) is 30.9 Å². The van der Waals surface area contributed by atoms with Crippen molar-refractivity contribution >= 4 is 29.4 Å². The summed E-state index contributed by atoms with van der Waals surface area (Å²) in [5.74, 6) is 1.81. The van der Waals surface area contributed by atoms with Crippen LogP contribution >= 0.6 is 0 Å². The summed E-state index contributed by atoms with van der Waals surface area (Å²) in [7, 11) is 3.90. The first-order chi connectivity index (χ1) is 14.9. The Hall–Kier alpha value is -3.49. The average molecular weight is 425 g/mol. The molecule has 1 amide bonds. The lowest BCUT2D eigenvalue weighted by Crippen LogP contribution is -2.33. The van der Waals surface area contributed by atoms with Gasteiger partial charge in [-0.1, -0.05) is 0 Å². The minimum atomic E-state index is -0.446. The van der Waals surface area contributed by atoms with Crippen LogP contribution < -0.4 is 15.5 Å². The topological polar surface area (TPSA) is 113 Å². The van der Waals surface area contributed by atoms with Crippen molar-refractivity contribution in [3.05, 3.63) is 58.3 Å². The van der Waals surface area contributed by atoms with E-state index >= 15 is 0 Å². The van der Waals surface area contributed by atoms with E-state index in [9.17, 15) is 14.9 Å². The summed E-state index contributed by atoms with van der Waals surface area (Å²) in [4.78, 5) is 33.1. The van der Waals surface area contributed by atoms with E-state index in [1.54, 1.807) is 24.4 Å². The smallest absolute Gasteiger partial charge is 0.269 e. The van der Waals surface area contributed by atoms with E-state index in [1.807, 2.05) is 25.1 Å². The van der Waals surface area contributed by atoms with Gasteiger partial charge in [0.15, 0.2) is 0 Å². The maximum absolute atomic E-state index is 12.1. The number of rotatable bonds is 8. The van der Waals surface area contributed by atoms with Crippen LogP contribution in [0.25, 0.3) is 6.08 Å². The van der Waals surface area contributed by atoms with Gasteiger partial charge in [-0.2, -0.15) is 4.98 Å². The largest absolute Gasteiger partial charge is 0.363 e. The fraction of sp³-hybridized carbons (Fsp3) is 0.409. The molecule has 3 rings (SSSR count). The monoisotopic (exact) mass is 424 g/mol. The minimum Gasteiger partial charge on any atom is -0.363 e. The Morgan fingerprint density at radius 1 is 1.19 bits per heavy atom. The van der Waals surface area contributed by atoms with Crippen molar-refractivity contribution in [3.8, 4) is 0 Å². The molecule has 1 aliphatic carbocycles. The molecule has 0 saturated heterocycles. The number of hydrogen-bond donors (Lipinski definition) is 2. The summed E-state index contributed by atoms with van der Waals surface area (Å²) < 4.78 is 0. The Labute approximate surface area is 181 Å². The molecule has 0 atom stereocenters. The molecule has 1 fully saturated rings. The van der Waals surface area contributed by atoms with E-state index in [2.05, 4.69) is 20.6 Å². The van der Waals surface area contributed by atoms with E-state index in [0.717, 1.165) is 37.1 Å². The van der Waals surface area contributed by atoms with E-state index in [4.69, 9.17) is 0 Å². The van der Waals surface area contributed by atoms with E-state index in [0.29, 0.717) is 24.5 Å². The molecule has 164 valence electrons. The van der Waals surface area contributed by atoms with Crippen LogP contribution in [0, 0.1) is 16.0 Å². The van der Waals surface area contributed by atoms with Crippen LogP contribution in [0.5, 0.6) is 0 Å². The summed E-state index contributed by atoms with van der Waals surface area (Å²) in [6, 6.07) is 8.30. The van der Waals surface area contributed by atoms with Crippen molar-refractivity contribution in [3.63, 3.8) is 0 Å². The number of aromatic nitrogens is 2. The SMILES string of the molecule is CN(C)c1ccnc(NC2CCC(CNC(=O)/C=C/c3ccc([N+](=O)[O-])cc3)CC2)n1. The number of nitro benzene ring substituents is 1. The number of hydrogen-bond acceptors (Lipinski definition) is 7. The number of nitro groups is 1. The molecule has 1 aliphatic rings. The molecule has 0 spiro atoms. The highest BCUT2D eigenvalue weighted by molar-refractivity contribution is 5.91. The number of anilines is 2. The van der Waals surface area contributed by atoms with Gasteiger partial charge in [0, 0.05) is 51.1 Å². The second-order valence-electron chi connectivity index (χ2n) is 7.92. The lowest BCUT2D eigenvalue weighted by molar-refractivity contribution is -0.384. The Morgan fingerprint density at radius 3 is 2.55 bits per heavy atom. The number of non-ortho nitro benzene ring substituents is 1. The normalized spacial score (nSPS) is 18.5. The Morgan fingerprint density at radius 2 is 1.90 bits per heavy atom. The lowest BCUT2D eigenvalue weighted by Gasteiger charge is -2.29. The Bertz CT molecular complexity index is 921. The zero-order chi connectivity index (χ0) is 22.2. The second kappa shape index (κ2) is 10.5. The van der Waals surface area contributed by atoms with Gasteiger partial charge >= 0.3 is 0 Å². The third-order valence-electron chi connectivity index (χ3n) is 5.38.